The molecule has 1 rings (SSSR count). The highest BCUT2D eigenvalue weighted by molar-refractivity contribution is 5.34. The van der Waals surface area contributed by atoms with Gasteiger partial charge in [0.05, 0.1) is 0 Å². The zero-order valence-electron chi connectivity index (χ0n) is 9.45. The summed E-state index contributed by atoms with van der Waals surface area (Å²) in [6, 6.07) is 2.76. The monoisotopic (exact) mass is 272 g/mol. The van der Waals surface area contributed by atoms with Crippen LogP contribution in [0.2, 0.25) is 0 Å². The Balaban J connectivity index is 3.55. The molecule has 102 valence electrons. The molecule has 0 aliphatic rings. The molecule has 1 nitrogen and oxygen atoms in total. The molecule has 0 saturated heterocycles. The van der Waals surface area contributed by atoms with Crippen LogP contribution in [0.3, 0.4) is 0 Å². The van der Waals surface area contributed by atoms with Crippen LogP contribution in [0.1, 0.15) is 16.7 Å². The molecule has 18 heavy (non-hydrogen) atoms. The maximum absolute atomic E-state index is 12.6. The van der Waals surface area contributed by atoms with Gasteiger partial charge in [0.2, 0.25) is 0 Å². The molecule has 1 N–H and O–H groups in total. The summed E-state index contributed by atoms with van der Waals surface area (Å²) in [5, 5.41) is 9.15. The van der Waals surface area contributed by atoms with Crippen LogP contribution >= 0.6 is 0 Å². The van der Waals surface area contributed by atoms with Gasteiger partial charge in [0.15, 0.2) is 0 Å². The van der Waals surface area contributed by atoms with E-state index in [1.54, 1.807) is 0 Å². The fourth-order valence-electron chi connectivity index (χ4n) is 1.67. The van der Waals surface area contributed by atoms with E-state index in [1.807, 2.05) is 0 Å². The van der Waals surface area contributed by atoms with E-state index in [2.05, 4.69) is 0 Å². The lowest BCUT2D eigenvalue weighted by Crippen LogP contribution is -2.54. The molecule has 0 heterocycles. The molecular weight excluding hydrogens is 262 g/mol. The van der Waals surface area contributed by atoms with E-state index >= 15 is 0 Å². The van der Waals surface area contributed by atoms with Gasteiger partial charge in [-0.3, -0.25) is 0 Å². The molecule has 0 saturated carbocycles. The van der Waals surface area contributed by atoms with Gasteiger partial charge in [0.1, 0.15) is 0 Å². The minimum Gasteiger partial charge on any atom is -0.369 e. The van der Waals surface area contributed by atoms with E-state index in [-0.39, 0.29) is 11.1 Å². The van der Waals surface area contributed by atoms with Crippen molar-refractivity contribution >= 4 is 0 Å². The Labute approximate surface area is 99.0 Å². The first kappa shape index (κ1) is 14.8. The molecule has 1 aromatic rings. The highest BCUT2D eigenvalue weighted by Crippen LogP contribution is 2.50. The van der Waals surface area contributed by atoms with Crippen molar-refractivity contribution in [3.63, 3.8) is 0 Å². The smallest absolute Gasteiger partial charge is 0.369 e. The SMILES string of the molecule is Cc1cc(C)cc(C(O)(C(F)(F)F)C(F)(F)F)c1. The normalized spacial score (nSPS) is 13.8. The molecular formula is C11H10F6O. The van der Waals surface area contributed by atoms with Crippen LogP contribution in [0.5, 0.6) is 0 Å². The fourth-order valence-corrected chi connectivity index (χ4v) is 1.67. The Morgan fingerprint density at radius 3 is 1.39 bits per heavy atom. The van der Waals surface area contributed by atoms with Gasteiger partial charge >= 0.3 is 12.4 Å². The Morgan fingerprint density at radius 1 is 0.778 bits per heavy atom. The molecule has 0 unspecified atom stereocenters. The van der Waals surface area contributed by atoms with Gasteiger partial charge in [-0.15, -0.1) is 0 Å². The second-order valence-electron chi connectivity index (χ2n) is 4.08. The third-order valence-corrected chi connectivity index (χ3v) is 2.46. The van der Waals surface area contributed by atoms with Gasteiger partial charge in [-0.25, -0.2) is 0 Å². The van der Waals surface area contributed by atoms with Crippen LogP contribution in [0.4, 0.5) is 26.3 Å². The first-order valence-electron chi connectivity index (χ1n) is 4.84. The predicted octanol–water partition coefficient (Wildman–Crippen LogP) is 3.62. The van der Waals surface area contributed by atoms with E-state index in [9.17, 15) is 26.3 Å². The van der Waals surface area contributed by atoms with Crippen LogP contribution in [-0.2, 0) is 5.60 Å². The van der Waals surface area contributed by atoms with Crippen molar-refractivity contribution in [2.24, 2.45) is 0 Å². The van der Waals surface area contributed by atoms with Crippen LogP contribution < -0.4 is 0 Å². The number of hydrogen-bond donors (Lipinski definition) is 1. The first-order valence-corrected chi connectivity index (χ1v) is 4.84. The molecule has 0 aliphatic heterocycles. The van der Waals surface area contributed by atoms with Crippen LogP contribution in [0.25, 0.3) is 0 Å². The Kier molecular flexibility index (Phi) is 3.42. The predicted molar refractivity (Wildman–Crippen MR) is 51.9 cm³/mol. The number of benzene rings is 1. The average molecular weight is 272 g/mol. The Hall–Kier alpha value is -1.24. The molecule has 0 atom stereocenters. The zero-order valence-corrected chi connectivity index (χ0v) is 9.45. The summed E-state index contributed by atoms with van der Waals surface area (Å²) in [4.78, 5) is 0. The van der Waals surface area contributed by atoms with Crippen molar-refractivity contribution in [2.75, 3.05) is 0 Å². The van der Waals surface area contributed by atoms with Crippen molar-refractivity contribution in [3.8, 4) is 0 Å². The first-order chi connectivity index (χ1) is 7.89. The number of rotatable bonds is 1. The lowest BCUT2D eigenvalue weighted by Gasteiger charge is -2.33. The average Bonchev–Trinajstić information content (AvgIpc) is 2.11. The summed E-state index contributed by atoms with van der Waals surface area (Å²) < 4.78 is 75.5. The van der Waals surface area contributed by atoms with Crippen LogP contribution in [0, 0.1) is 13.8 Å². The maximum Gasteiger partial charge on any atom is 0.430 e. The van der Waals surface area contributed by atoms with Gasteiger partial charge in [-0.2, -0.15) is 26.3 Å². The van der Waals surface area contributed by atoms with E-state index in [4.69, 9.17) is 5.11 Å². The topological polar surface area (TPSA) is 20.2 Å². The van der Waals surface area contributed by atoms with E-state index in [0.29, 0.717) is 12.1 Å². The minimum atomic E-state index is -5.84. The van der Waals surface area contributed by atoms with Crippen molar-refractivity contribution in [3.05, 3.63) is 34.9 Å². The van der Waals surface area contributed by atoms with Crippen molar-refractivity contribution in [2.45, 2.75) is 31.8 Å². The third-order valence-electron chi connectivity index (χ3n) is 2.46. The molecule has 0 radical (unpaired) electrons. The Morgan fingerprint density at radius 2 is 1.11 bits per heavy atom. The van der Waals surface area contributed by atoms with Crippen LogP contribution in [0.15, 0.2) is 18.2 Å². The molecule has 0 fully saturated rings. The lowest BCUT2D eigenvalue weighted by molar-refractivity contribution is -0.376. The summed E-state index contributed by atoms with van der Waals surface area (Å²) in [5.74, 6) is 0. The molecule has 0 aliphatic carbocycles. The zero-order chi connectivity index (χ0) is 14.4. The molecule has 1 aromatic carbocycles. The largest absolute Gasteiger partial charge is 0.430 e. The minimum absolute atomic E-state index is 0.205. The van der Waals surface area contributed by atoms with Gasteiger partial charge in [-0.1, -0.05) is 29.3 Å². The molecule has 0 spiro atoms. The number of halogens is 6. The van der Waals surface area contributed by atoms with E-state index in [0.717, 1.165) is 0 Å². The van der Waals surface area contributed by atoms with E-state index in [1.165, 1.54) is 19.9 Å². The highest BCUT2D eigenvalue weighted by Gasteiger charge is 2.71. The quantitative estimate of drug-likeness (QED) is 0.774. The standard InChI is InChI=1S/C11H10F6O/c1-6-3-7(2)5-8(4-6)9(18,10(12,13)14)11(15,16)17/h3-5,18H,1-2H3. The fraction of sp³-hybridized carbons (Fsp3) is 0.455. The number of alkyl halides is 6. The van der Waals surface area contributed by atoms with Gasteiger partial charge < -0.3 is 5.11 Å². The van der Waals surface area contributed by atoms with Crippen molar-refractivity contribution in [1.29, 1.82) is 0 Å². The van der Waals surface area contributed by atoms with Gasteiger partial charge in [0, 0.05) is 5.56 Å². The molecule has 0 aromatic heterocycles. The second-order valence-corrected chi connectivity index (χ2v) is 4.08. The van der Waals surface area contributed by atoms with Gasteiger partial charge in [0.25, 0.3) is 5.60 Å². The van der Waals surface area contributed by atoms with Gasteiger partial charge in [-0.05, 0) is 13.8 Å². The maximum atomic E-state index is 12.6. The molecule has 0 amide bonds. The molecule has 7 heteroatoms. The number of aryl methyl sites for hydroxylation is 2. The number of aliphatic hydroxyl groups is 1. The summed E-state index contributed by atoms with van der Waals surface area (Å²) in [6.07, 6.45) is -11.7. The number of hydrogen-bond acceptors (Lipinski definition) is 1. The Bertz CT molecular complexity index is 412. The highest BCUT2D eigenvalue weighted by atomic mass is 19.4. The van der Waals surface area contributed by atoms with Crippen molar-refractivity contribution < 1.29 is 31.4 Å². The summed E-state index contributed by atoms with van der Waals surface area (Å²) in [5.41, 5.74) is -5.66. The summed E-state index contributed by atoms with van der Waals surface area (Å²) in [7, 11) is 0. The lowest BCUT2D eigenvalue weighted by atomic mass is 9.90. The third kappa shape index (κ3) is 2.31. The van der Waals surface area contributed by atoms with Crippen LogP contribution in [-0.4, -0.2) is 17.5 Å². The summed E-state index contributed by atoms with van der Waals surface area (Å²) >= 11 is 0. The van der Waals surface area contributed by atoms with Crippen molar-refractivity contribution in [1.82, 2.24) is 0 Å². The second kappa shape index (κ2) is 4.15. The summed E-state index contributed by atoms with van der Waals surface area (Å²) in [6.45, 7) is 2.70. The van der Waals surface area contributed by atoms with E-state index < -0.39 is 23.5 Å². The molecule has 0 bridgehead atoms.